The molecule has 0 bridgehead atoms. The van der Waals surface area contributed by atoms with Crippen molar-refractivity contribution in [2.45, 2.75) is 64.0 Å². The van der Waals surface area contributed by atoms with Crippen molar-refractivity contribution in [1.29, 1.82) is 0 Å². The Balaban J connectivity index is 1.47. The molecule has 1 atom stereocenters. The van der Waals surface area contributed by atoms with Gasteiger partial charge in [0.15, 0.2) is 11.8 Å². The minimum Gasteiger partial charge on any atom is -0.356 e. The lowest BCUT2D eigenvalue weighted by molar-refractivity contribution is -0.116. The molecule has 2 aromatic rings. The van der Waals surface area contributed by atoms with Crippen molar-refractivity contribution in [1.82, 2.24) is 25.4 Å². The van der Waals surface area contributed by atoms with Gasteiger partial charge in [-0.3, -0.25) is 4.79 Å². The summed E-state index contributed by atoms with van der Waals surface area (Å²) in [4.78, 5) is 16.9. The first-order valence-electron chi connectivity index (χ1n) is 10.9. The molecule has 1 amide bonds. The van der Waals surface area contributed by atoms with E-state index >= 15 is 0 Å². The van der Waals surface area contributed by atoms with Crippen LogP contribution in [0.5, 0.6) is 0 Å². The van der Waals surface area contributed by atoms with Gasteiger partial charge in [-0.1, -0.05) is 37.5 Å². The van der Waals surface area contributed by atoms with Gasteiger partial charge in [0.1, 0.15) is 12.4 Å². The molecule has 2 aliphatic rings. The molecule has 8 heteroatoms. The average Bonchev–Trinajstić information content (AvgIpc) is 3.08. The highest BCUT2D eigenvalue weighted by atomic mass is 16.1. The number of aliphatic imine (C=N–C) groups is 1. The third-order valence-corrected chi connectivity index (χ3v) is 6.13. The number of amides is 1. The standard InChI is InChI=1S/C22H31N7O/c1-15-27-28-20(29(15)2)14-24-22(25-17-8-4-3-5-9-17)23-13-16-12-21(30)26-19-11-7-6-10-18(16)19/h6-7,10-11,16-17H,3-5,8-9,12-14H2,1-2H3,(H,26,30)(H2,23,24,25). The Morgan fingerprint density at radius 3 is 2.80 bits per heavy atom. The highest BCUT2D eigenvalue weighted by Crippen LogP contribution is 2.31. The van der Waals surface area contributed by atoms with Gasteiger partial charge in [0.05, 0.1) is 0 Å². The van der Waals surface area contributed by atoms with Crippen molar-refractivity contribution < 1.29 is 4.79 Å². The zero-order valence-electron chi connectivity index (χ0n) is 17.8. The van der Waals surface area contributed by atoms with Gasteiger partial charge in [0, 0.05) is 37.7 Å². The van der Waals surface area contributed by atoms with E-state index in [2.05, 4.69) is 32.2 Å². The van der Waals surface area contributed by atoms with Gasteiger partial charge in [-0.15, -0.1) is 10.2 Å². The van der Waals surface area contributed by atoms with E-state index in [1.807, 2.05) is 36.7 Å². The molecule has 0 saturated heterocycles. The number of aromatic nitrogens is 3. The molecule has 1 aliphatic heterocycles. The van der Waals surface area contributed by atoms with Crippen molar-refractivity contribution in [3.63, 3.8) is 0 Å². The molecule has 1 unspecified atom stereocenters. The predicted molar refractivity (Wildman–Crippen MR) is 117 cm³/mol. The first-order chi connectivity index (χ1) is 14.6. The van der Waals surface area contributed by atoms with Crippen LogP contribution in [0.3, 0.4) is 0 Å². The zero-order valence-corrected chi connectivity index (χ0v) is 17.8. The maximum absolute atomic E-state index is 12.1. The van der Waals surface area contributed by atoms with Crippen LogP contribution in [0.1, 0.15) is 61.7 Å². The van der Waals surface area contributed by atoms with E-state index < -0.39 is 0 Å². The Labute approximate surface area is 177 Å². The third kappa shape index (κ3) is 4.80. The fourth-order valence-corrected chi connectivity index (χ4v) is 4.24. The number of fused-ring (bicyclic) bond motifs is 1. The van der Waals surface area contributed by atoms with E-state index in [0.717, 1.165) is 23.3 Å². The Hall–Kier alpha value is -2.90. The number of benzene rings is 1. The van der Waals surface area contributed by atoms with Crippen molar-refractivity contribution in [3.8, 4) is 0 Å². The second-order valence-corrected chi connectivity index (χ2v) is 8.28. The zero-order chi connectivity index (χ0) is 20.9. The van der Waals surface area contributed by atoms with Crippen molar-refractivity contribution >= 4 is 17.6 Å². The van der Waals surface area contributed by atoms with Gasteiger partial charge in [0.2, 0.25) is 5.91 Å². The van der Waals surface area contributed by atoms with Crippen molar-refractivity contribution in [2.24, 2.45) is 12.0 Å². The molecule has 1 saturated carbocycles. The number of rotatable bonds is 5. The summed E-state index contributed by atoms with van der Waals surface area (Å²) in [6.07, 6.45) is 6.62. The third-order valence-electron chi connectivity index (χ3n) is 6.13. The lowest BCUT2D eigenvalue weighted by Gasteiger charge is -2.28. The molecule has 8 nitrogen and oxygen atoms in total. The Morgan fingerprint density at radius 1 is 1.23 bits per heavy atom. The number of nitrogens with zero attached hydrogens (tertiary/aromatic N) is 4. The number of hydrogen-bond acceptors (Lipinski definition) is 4. The van der Waals surface area contributed by atoms with Crippen molar-refractivity contribution in [2.75, 3.05) is 11.9 Å². The van der Waals surface area contributed by atoms with Crippen LogP contribution in [-0.4, -0.2) is 39.2 Å². The number of hydrogen-bond donors (Lipinski definition) is 3. The van der Waals surface area contributed by atoms with E-state index in [0.29, 0.717) is 25.6 Å². The number of nitrogens with one attached hydrogen (secondary N) is 3. The number of anilines is 1. The molecule has 0 radical (unpaired) electrons. The molecule has 30 heavy (non-hydrogen) atoms. The molecule has 1 aromatic heterocycles. The lowest BCUT2D eigenvalue weighted by atomic mass is 9.90. The lowest BCUT2D eigenvalue weighted by Crippen LogP contribution is -2.46. The Kier molecular flexibility index (Phi) is 6.30. The number of para-hydroxylation sites is 1. The summed E-state index contributed by atoms with van der Waals surface area (Å²) in [5, 5.41) is 18.4. The number of aryl methyl sites for hydroxylation is 1. The number of guanidine groups is 1. The van der Waals surface area contributed by atoms with Crippen LogP contribution >= 0.6 is 0 Å². The summed E-state index contributed by atoms with van der Waals surface area (Å²) < 4.78 is 1.96. The second-order valence-electron chi connectivity index (χ2n) is 8.28. The van der Waals surface area contributed by atoms with Crippen LogP contribution in [0, 0.1) is 6.92 Å². The normalized spacial score (nSPS) is 19.9. The molecule has 160 valence electrons. The SMILES string of the molecule is Cc1nnc(CN=C(NCC2CC(=O)Nc3ccccc32)NC2CCCCC2)n1C. The molecule has 4 rings (SSSR count). The monoisotopic (exact) mass is 409 g/mol. The van der Waals surface area contributed by atoms with E-state index in [1.165, 1.54) is 37.7 Å². The van der Waals surface area contributed by atoms with Crippen LogP contribution in [0.15, 0.2) is 29.3 Å². The van der Waals surface area contributed by atoms with E-state index in [9.17, 15) is 4.79 Å². The quantitative estimate of drug-likeness (QED) is 0.521. The van der Waals surface area contributed by atoms with Gasteiger partial charge in [-0.2, -0.15) is 0 Å². The topological polar surface area (TPSA) is 96.2 Å². The molecule has 1 aromatic carbocycles. The van der Waals surface area contributed by atoms with Gasteiger partial charge in [-0.05, 0) is 31.4 Å². The van der Waals surface area contributed by atoms with Crippen molar-refractivity contribution in [3.05, 3.63) is 41.5 Å². The average molecular weight is 410 g/mol. The Bertz CT molecular complexity index is 914. The van der Waals surface area contributed by atoms with Gasteiger partial charge in [0.25, 0.3) is 0 Å². The van der Waals surface area contributed by atoms with Crippen LogP contribution in [0.4, 0.5) is 5.69 Å². The van der Waals surface area contributed by atoms with E-state index in [1.54, 1.807) is 0 Å². The number of carbonyl (C=O) groups excluding carboxylic acids is 1. The smallest absolute Gasteiger partial charge is 0.225 e. The second kappa shape index (κ2) is 9.28. The minimum absolute atomic E-state index is 0.0637. The molecule has 1 aliphatic carbocycles. The maximum Gasteiger partial charge on any atom is 0.225 e. The minimum atomic E-state index is 0.0637. The highest BCUT2D eigenvalue weighted by Gasteiger charge is 2.25. The van der Waals surface area contributed by atoms with Gasteiger partial charge >= 0.3 is 0 Å². The predicted octanol–water partition coefficient (Wildman–Crippen LogP) is 2.62. The molecular weight excluding hydrogens is 378 g/mol. The summed E-state index contributed by atoms with van der Waals surface area (Å²) in [7, 11) is 1.96. The van der Waals surface area contributed by atoms with Crippen LogP contribution in [-0.2, 0) is 18.4 Å². The van der Waals surface area contributed by atoms with E-state index in [4.69, 9.17) is 4.99 Å². The summed E-state index contributed by atoms with van der Waals surface area (Å²) in [6, 6.07) is 8.47. The molecule has 3 N–H and O–H groups in total. The molecule has 2 heterocycles. The largest absolute Gasteiger partial charge is 0.356 e. The summed E-state index contributed by atoms with van der Waals surface area (Å²) in [5.74, 6) is 2.67. The molecule has 0 spiro atoms. The summed E-state index contributed by atoms with van der Waals surface area (Å²) in [6.45, 7) is 3.05. The first kappa shape index (κ1) is 20.4. The first-order valence-corrected chi connectivity index (χ1v) is 10.9. The van der Waals surface area contributed by atoms with E-state index in [-0.39, 0.29) is 11.8 Å². The summed E-state index contributed by atoms with van der Waals surface area (Å²) >= 11 is 0. The Morgan fingerprint density at radius 2 is 2.03 bits per heavy atom. The molecular formula is C22H31N7O. The van der Waals surface area contributed by atoms with Gasteiger partial charge in [-0.25, -0.2) is 4.99 Å². The van der Waals surface area contributed by atoms with Crippen LogP contribution < -0.4 is 16.0 Å². The fraction of sp³-hybridized carbons (Fsp3) is 0.545. The molecule has 1 fully saturated rings. The maximum atomic E-state index is 12.1. The van der Waals surface area contributed by atoms with Crippen LogP contribution in [0.25, 0.3) is 0 Å². The number of carbonyl (C=O) groups is 1. The van der Waals surface area contributed by atoms with Gasteiger partial charge < -0.3 is 20.5 Å². The highest BCUT2D eigenvalue weighted by molar-refractivity contribution is 5.94. The van der Waals surface area contributed by atoms with Crippen LogP contribution in [0.2, 0.25) is 0 Å². The summed E-state index contributed by atoms with van der Waals surface area (Å²) in [5.41, 5.74) is 2.08. The fourth-order valence-electron chi connectivity index (χ4n) is 4.24.